The summed E-state index contributed by atoms with van der Waals surface area (Å²) in [6.45, 7) is 0. The first-order valence-corrected chi connectivity index (χ1v) is 6.77. The number of hydrogen-bond acceptors (Lipinski definition) is 1. The average Bonchev–Trinajstić information content (AvgIpc) is 2.88. The summed E-state index contributed by atoms with van der Waals surface area (Å²) in [6, 6.07) is 12.8. The Morgan fingerprint density at radius 2 is 1.84 bits per heavy atom. The van der Waals surface area contributed by atoms with Crippen molar-refractivity contribution in [3.8, 4) is 0 Å². The van der Waals surface area contributed by atoms with Crippen molar-refractivity contribution in [3.63, 3.8) is 0 Å². The van der Waals surface area contributed by atoms with Crippen LogP contribution >= 0.6 is 0 Å². The summed E-state index contributed by atoms with van der Waals surface area (Å²) in [7, 11) is 0. The maximum absolute atomic E-state index is 13.6. The number of hydrogen-bond donors (Lipinski definition) is 1. The topological polar surface area (TPSA) is 20.2 Å². The number of rotatable bonds is 3. The van der Waals surface area contributed by atoms with E-state index in [2.05, 4.69) is 12.1 Å². The van der Waals surface area contributed by atoms with E-state index in [9.17, 15) is 9.50 Å². The highest BCUT2D eigenvalue weighted by Gasteiger charge is 2.15. The predicted octanol–water partition coefficient (Wildman–Crippen LogP) is 3.59. The summed E-state index contributed by atoms with van der Waals surface area (Å²) in [4.78, 5) is 0. The van der Waals surface area contributed by atoms with Gasteiger partial charge in [-0.3, -0.25) is 0 Å². The Morgan fingerprint density at radius 3 is 2.68 bits per heavy atom. The van der Waals surface area contributed by atoms with Crippen molar-refractivity contribution in [1.82, 2.24) is 0 Å². The van der Waals surface area contributed by atoms with Crippen molar-refractivity contribution in [2.45, 2.75) is 31.8 Å². The van der Waals surface area contributed by atoms with Crippen LogP contribution in [0.2, 0.25) is 0 Å². The molecule has 98 valence electrons. The molecule has 1 atom stereocenters. The van der Waals surface area contributed by atoms with E-state index in [1.807, 2.05) is 6.07 Å². The fraction of sp³-hybridized carbons (Fsp3) is 0.294. The highest BCUT2D eigenvalue weighted by Crippen LogP contribution is 2.27. The zero-order valence-corrected chi connectivity index (χ0v) is 10.8. The van der Waals surface area contributed by atoms with Crippen molar-refractivity contribution < 1.29 is 9.50 Å². The predicted molar refractivity (Wildman–Crippen MR) is 73.5 cm³/mol. The first kappa shape index (κ1) is 12.4. The Kier molecular flexibility index (Phi) is 3.34. The molecule has 1 unspecified atom stereocenters. The molecular weight excluding hydrogens is 239 g/mol. The third-order valence-corrected chi connectivity index (χ3v) is 3.88. The van der Waals surface area contributed by atoms with E-state index >= 15 is 0 Å². The monoisotopic (exact) mass is 256 g/mol. The number of fused-ring (bicyclic) bond motifs is 1. The lowest BCUT2D eigenvalue weighted by Gasteiger charge is -2.13. The van der Waals surface area contributed by atoms with E-state index in [0.717, 1.165) is 18.4 Å². The van der Waals surface area contributed by atoms with E-state index in [4.69, 9.17) is 0 Å². The van der Waals surface area contributed by atoms with E-state index < -0.39 is 6.10 Å². The minimum absolute atomic E-state index is 0.247. The molecule has 2 aromatic carbocycles. The van der Waals surface area contributed by atoms with Gasteiger partial charge in [0.15, 0.2) is 0 Å². The highest BCUT2D eigenvalue weighted by molar-refractivity contribution is 5.36. The van der Waals surface area contributed by atoms with Gasteiger partial charge in [0.2, 0.25) is 0 Å². The van der Waals surface area contributed by atoms with Gasteiger partial charge in [-0.15, -0.1) is 0 Å². The lowest BCUT2D eigenvalue weighted by Crippen LogP contribution is -2.04. The molecule has 0 saturated heterocycles. The zero-order valence-electron chi connectivity index (χ0n) is 10.8. The molecule has 0 bridgehead atoms. The molecule has 0 heterocycles. The van der Waals surface area contributed by atoms with Crippen LogP contribution in [0.25, 0.3) is 0 Å². The summed E-state index contributed by atoms with van der Waals surface area (Å²) in [5.74, 6) is -0.247. The number of aryl methyl sites for hydroxylation is 2. The minimum atomic E-state index is -0.636. The van der Waals surface area contributed by atoms with Crippen molar-refractivity contribution >= 4 is 0 Å². The zero-order chi connectivity index (χ0) is 13.2. The normalized spacial score (nSPS) is 15.3. The minimum Gasteiger partial charge on any atom is -0.388 e. The first-order valence-electron chi connectivity index (χ1n) is 6.77. The molecule has 1 nitrogen and oxygen atoms in total. The van der Waals surface area contributed by atoms with Crippen LogP contribution in [0, 0.1) is 5.82 Å². The summed E-state index contributed by atoms with van der Waals surface area (Å²) >= 11 is 0. The quantitative estimate of drug-likeness (QED) is 0.889. The second-order valence-corrected chi connectivity index (χ2v) is 5.19. The van der Waals surface area contributed by atoms with Gasteiger partial charge in [0.25, 0.3) is 0 Å². The molecule has 0 spiro atoms. The fourth-order valence-electron chi connectivity index (χ4n) is 2.79. The second-order valence-electron chi connectivity index (χ2n) is 5.19. The molecule has 0 amide bonds. The van der Waals surface area contributed by atoms with Crippen molar-refractivity contribution in [2.75, 3.05) is 0 Å². The molecule has 1 aliphatic carbocycles. The van der Waals surface area contributed by atoms with Crippen LogP contribution in [0.5, 0.6) is 0 Å². The molecule has 19 heavy (non-hydrogen) atoms. The van der Waals surface area contributed by atoms with Crippen LogP contribution in [-0.4, -0.2) is 5.11 Å². The van der Waals surface area contributed by atoms with Gasteiger partial charge in [0, 0.05) is 6.42 Å². The van der Waals surface area contributed by atoms with Gasteiger partial charge in [-0.05, 0) is 47.6 Å². The third kappa shape index (κ3) is 2.54. The van der Waals surface area contributed by atoms with Crippen LogP contribution in [-0.2, 0) is 19.3 Å². The summed E-state index contributed by atoms with van der Waals surface area (Å²) in [6.07, 6.45) is 3.12. The number of benzene rings is 2. The molecule has 3 rings (SSSR count). The van der Waals surface area contributed by atoms with E-state index in [-0.39, 0.29) is 5.82 Å². The van der Waals surface area contributed by atoms with Gasteiger partial charge in [0.05, 0.1) is 6.10 Å². The Labute approximate surface area is 112 Å². The molecule has 2 heteroatoms. The third-order valence-electron chi connectivity index (χ3n) is 3.88. The SMILES string of the molecule is OC(Cc1ccccc1F)c1ccc2c(c1)CCC2. The Hall–Kier alpha value is -1.67. The fourth-order valence-corrected chi connectivity index (χ4v) is 2.79. The van der Waals surface area contributed by atoms with Crippen LogP contribution < -0.4 is 0 Å². The van der Waals surface area contributed by atoms with Crippen molar-refractivity contribution in [2.24, 2.45) is 0 Å². The molecule has 0 saturated carbocycles. The first-order chi connectivity index (χ1) is 9.24. The van der Waals surface area contributed by atoms with Crippen LogP contribution in [0.15, 0.2) is 42.5 Å². The Balaban J connectivity index is 1.81. The number of halogens is 1. The largest absolute Gasteiger partial charge is 0.388 e. The Bertz CT molecular complexity index is 592. The summed E-state index contributed by atoms with van der Waals surface area (Å²) < 4.78 is 13.6. The van der Waals surface area contributed by atoms with Gasteiger partial charge in [-0.2, -0.15) is 0 Å². The van der Waals surface area contributed by atoms with Gasteiger partial charge in [0.1, 0.15) is 5.82 Å². The molecular formula is C17H17FO. The van der Waals surface area contributed by atoms with Gasteiger partial charge >= 0.3 is 0 Å². The second kappa shape index (κ2) is 5.14. The molecule has 1 N–H and O–H groups in total. The maximum Gasteiger partial charge on any atom is 0.126 e. The van der Waals surface area contributed by atoms with Crippen molar-refractivity contribution in [3.05, 3.63) is 70.5 Å². The molecule has 1 aliphatic rings. The molecule has 0 aliphatic heterocycles. The van der Waals surface area contributed by atoms with E-state index in [1.165, 1.54) is 23.6 Å². The highest BCUT2D eigenvalue weighted by atomic mass is 19.1. The van der Waals surface area contributed by atoms with E-state index in [1.54, 1.807) is 18.2 Å². The Morgan fingerprint density at radius 1 is 1.05 bits per heavy atom. The van der Waals surface area contributed by atoms with Crippen LogP contribution in [0.4, 0.5) is 4.39 Å². The van der Waals surface area contributed by atoms with Gasteiger partial charge in [-0.1, -0.05) is 36.4 Å². The summed E-state index contributed by atoms with van der Waals surface area (Å²) in [5.41, 5.74) is 4.19. The molecule has 2 aromatic rings. The molecule has 0 aromatic heterocycles. The number of aliphatic hydroxyl groups is 1. The lowest BCUT2D eigenvalue weighted by molar-refractivity contribution is 0.177. The smallest absolute Gasteiger partial charge is 0.126 e. The molecule has 0 radical (unpaired) electrons. The van der Waals surface area contributed by atoms with Crippen molar-refractivity contribution in [1.29, 1.82) is 0 Å². The number of aliphatic hydroxyl groups excluding tert-OH is 1. The average molecular weight is 256 g/mol. The van der Waals surface area contributed by atoms with Gasteiger partial charge in [-0.25, -0.2) is 4.39 Å². The van der Waals surface area contributed by atoms with E-state index in [0.29, 0.717) is 12.0 Å². The van der Waals surface area contributed by atoms with Gasteiger partial charge < -0.3 is 5.11 Å². The van der Waals surface area contributed by atoms with Crippen LogP contribution in [0.1, 0.15) is 34.8 Å². The standard InChI is InChI=1S/C17H17FO/c18-16-7-2-1-4-14(16)11-17(19)15-9-8-12-5-3-6-13(12)10-15/h1-2,4,7-10,17,19H,3,5-6,11H2. The molecule has 0 fully saturated rings. The maximum atomic E-state index is 13.6. The lowest BCUT2D eigenvalue weighted by atomic mass is 9.98. The van der Waals surface area contributed by atoms with Crippen LogP contribution in [0.3, 0.4) is 0 Å². The summed E-state index contributed by atoms with van der Waals surface area (Å²) in [5, 5.41) is 10.3.